The highest BCUT2D eigenvalue weighted by molar-refractivity contribution is 7.98. The van der Waals surface area contributed by atoms with Gasteiger partial charge in [-0.2, -0.15) is 0 Å². The van der Waals surface area contributed by atoms with Gasteiger partial charge >= 0.3 is 0 Å². The standard InChI is InChI=1S/C17H20FNOS/c1-20-9-8-19-12-14-4-3-7-17(11-14)21-13-15-5-2-6-16(18)10-15/h2-7,10-11,19H,8-9,12-13H2,1H3. The van der Waals surface area contributed by atoms with Crippen LogP contribution in [0.2, 0.25) is 0 Å². The van der Waals surface area contributed by atoms with E-state index >= 15 is 0 Å². The van der Waals surface area contributed by atoms with Crippen molar-refractivity contribution in [3.8, 4) is 0 Å². The average Bonchev–Trinajstić information content (AvgIpc) is 2.50. The van der Waals surface area contributed by atoms with E-state index in [0.29, 0.717) is 6.61 Å². The van der Waals surface area contributed by atoms with Gasteiger partial charge in [-0.3, -0.25) is 0 Å². The van der Waals surface area contributed by atoms with Gasteiger partial charge in [0, 0.05) is 30.8 Å². The molecule has 4 heteroatoms. The minimum Gasteiger partial charge on any atom is -0.383 e. The van der Waals surface area contributed by atoms with Gasteiger partial charge < -0.3 is 10.1 Å². The maximum Gasteiger partial charge on any atom is 0.123 e. The molecule has 2 aromatic rings. The molecule has 0 radical (unpaired) electrons. The summed E-state index contributed by atoms with van der Waals surface area (Å²) in [4.78, 5) is 1.20. The molecule has 0 aromatic heterocycles. The highest BCUT2D eigenvalue weighted by Gasteiger charge is 2.00. The number of methoxy groups -OCH3 is 1. The van der Waals surface area contributed by atoms with E-state index in [1.165, 1.54) is 16.5 Å². The van der Waals surface area contributed by atoms with E-state index in [1.807, 2.05) is 6.07 Å². The highest BCUT2D eigenvalue weighted by atomic mass is 32.2. The van der Waals surface area contributed by atoms with Crippen LogP contribution in [0.25, 0.3) is 0 Å². The summed E-state index contributed by atoms with van der Waals surface area (Å²) in [5, 5.41) is 3.33. The predicted octanol–water partition coefficient (Wildman–Crippen LogP) is 3.85. The fourth-order valence-electron chi connectivity index (χ4n) is 1.95. The second kappa shape index (κ2) is 8.82. The van der Waals surface area contributed by atoms with Crippen molar-refractivity contribution in [2.24, 2.45) is 0 Å². The van der Waals surface area contributed by atoms with Crippen LogP contribution >= 0.6 is 11.8 Å². The smallest absolute Gasteiger partial charge is 0.123 e. The number of benzene rings is 2. The quantitative estimate of drug-likeness (QED) is 0.591. The lowest BCUT2D eigenvalue weighted by atomic mass is 10.2. The summed E-state index contributed by atoms with van der Waals surface area (Å²) >= 11 is 1.72. The van der Waals surface area contributed by atoms with Crippen molar-refractivity contribution in [1.29, 1.82) is 0 Å². The fourth-order valence-corrected chi connectivity index (χ4v) is 2.87. The molecule has 2 nitrogen and oxygen atoms in total. The van der Waals surface area contributed by atoms with Crippen LogP contribution in [0.5, 0.6) is 0 Å². The van der Waals surface area contributed by atoms with Crippen molar-refractivity contribution in [2.45, 2.75) is 17.2 Å². The zero-order valence-corrected chi connectivity index (χ0v) is 13.0. The van der Waals surface area contributed by atoms with Crippen molar-refractivity contribution in [2.75, 3.05) is 20.3 Å². The number of nitrogens with one attached hydrogen (secondary N) is 1. The van der Waals surface area contributed by atoms with Crippen molar-refractivity contribution < 1.29 is 9.13 Å². The van der Waals surface area contributed by atoms with E-state index in [2.05, 4.69) is 29.6 Å². The lowest BCUT2D eigenvalue weighted by Gasteiger charge is -2.07. The molecule has 0 saturated heterocycles. The molecule has 0 aliphatic carbocycles. The van der Waals surface area contributed by atoms with E-state index in [1.54, 1.807) is 31.0 Å². The number of ether oxygens (including phenoxy) is 1. The molecule has 112 valence electrons. The Balaban J connectivity index is 1.86. The first-order valence-electron chi connectivity index (χ1n) is 6.94. The molecule has 0 saturated carbocycles. The van der Waals surface area contributed by atoms with Crippen LogP contribution in [0.15, 0.2) is 53.4 Å². The second-order valence-corrected chi connectivity index (χ2v) is 5.78. The molecule has 0 atom stereocenters. The van der Waals surface area contributed by atoms with Crippen LogP contribution in [-0.2, 0) is 17.0 Å². The molecule has 0 aliphatic heterocycles. The van der Waals surface area contributed by atoms with Crippen LogP contribution < -0.4 is 5.32 Å². The van der Waals surface area contributed by atoms with Gasteiger partial charge in [0.1, 0.15) is 5.82 Å². The van der Waals surface area contributed by atoms with Crippen LogP contribution in [0, 0.1) is 5.82 Å². The molecule has 0 unspecified atom stereocenters. The summed E-state index contributed by atoms with van der Waals surface area (Å²) in [7, 11) is 1.70. The molecule has 0 amide bonds. The Bertz CT molecular complexity index is 562. The largest absolute Gasteiger partial charge is 0.383 e. The minimum atomic E-state index is -0.177. The van der Waals surface area contributed by atoms with Gasteiger partial charge in [-0.1, -0.05) is 24.3 Å². The van der Waals surface area contributed by atoms with E-state index in [-0.39, 0.29) is 5.82 Å². The summed E-state index contributed by atoms with van der Waals surface area (Å²) in [5.74, 6) is 0.599. The number of rotatable bonds is 8. The van der Waals surface area contributed by atoms with Crippen molar-refractivity contribution >= 4 is 11.8 Å². The number of hydrogen-bond acceptors (Lipinski definition) is 3. The van der Waals surface area contributed by atoms with Gasteiger partial charge in [0.15, 0.2) is 0 Å². The normalized spacial score (nSPS) is 10.8. The lowest BCUT2D eigenvalue weighted by molar-refractivity contribution is 0.199. The third-order valence-electron chi connectivity index (χ3n) is 3.01. The molecule has 1 N–H and O–H groups in total. The van der Waals surface area contributed by atoms with Crippen molar-refractivity contribution in [3.05, 3.63) is 65.5 Å². The van der Waals surface area contributed by atoms with Gasteiger partial charge in [0.05, 0.1) is 6.61 Å². The van der Waals surface area contributed by atoms with Gasteiger partial charge in [-0.05, 0) is 35.4 Å². The van der Waals surface area contributed by atoms with Crippen LogP contribution in [-0.4, -0.2) is 20.3 Å². The molecule has 0 spiro atoms. The number of hydrogen-bond donors (Lipinski definition) is 1. The second-order valence-electron chi connectivity index (χ2n) is 4.74. The SMILES string of the molecule is COCCNCc1cccc(SCc2cccc(F)c2)c1. The van der Waals surface area contributed by atoms with Crippen LogP contribution in [0.1, 0.15) is 11.1 Å². The number of thioether (sulfide) groups is 1. The third kappa shape index (κ3) is 5.87. The van der Waals surface area contributed by atoms with Gasteiger partial charge in [-0.15, -0.1) is 11.8 Å². The molecule has 0 fully saturated rings. The molecule has 2 rings (SSSR count). The first-order chi connectivity index (χ1) is 10.3. The summed E-state index contributed by atoms with van der Waals surface area (Å²) in [6, 6.07) is 15.2. The Labute approximate surface area is 129 Å². The molecular weight excluding hydrogens is 285 g/mol. The molecular formula is C17H20FNOS. The van der Waals surface area contributed by atoms with E-state index in [9.17, 15) is 4.39 Å². The lowest BCUT2D eigenvalue weighted by Crippen LogP contribution is -2.18. The summed E-state index contributed by atoms with van der Waals surface area (Å²) in [6.45, 7) is 2.39. The van der Waals surface area contributed by atoms with Crippen molar-refractivity contribution in [1.82, 2.24) is 5.32 Å². The Kier molecular flexibility index (Phi) is 6.73. The van der Waals surface area contributed by atoms with Crippen molar-refractivity contribution in [3.63, 3.8) is 0 Å². The van der Waals surface area contributed by atoms with Gasteiger partial charge in [0.25, 0.3) is 0 Å². The molecule has 21 heavy (non-hydrogen) atoms. The Morgan fingerprint density at radius 1 is 1.10 bits per heavy atom. The monoisotopic (exact) mass is 305 g/mol. The first-order valence-corrected chi connectivity index (χ1v) is 7.92. The predicted molar refractivity (Wildman–Crippen MR) is 86.0 cm³/mol. The van der Waals surface area contributed by atoms with Gasteiger partial charge in [-0.25, -0.2) is 4.39 Å². The maximum atomic E-state index is 13.1. The Hall–Kier alpha value is -1.36. The van der Waals surface area contributed by atoms with E-state index < -0.39 is 0 Å². The molecule has 2 aromatic carbocycles. The molecule has 0 heterocycles. The zero-order chi connectivity index (χ0) is 14.9. The maximum absolute atomic E-state index is 13.1. The molecule has 0 bridgehead atoms. The summed E-state index contributed by atoms with van der Waals surface area (Å²) in [6.07, 6.45) is 0. The first kappa shape index (κ1) is 16.0. The average molecular weight is 305 g/mol. The fraction of sp³-hybridized carbons (Fsp3) is 0.294. The third-order valence-corrected chi connectivity index (χ3v) is 4.07. The van der Waals surface area contributed by atoms with E-state index in [4.69, 9.17) is 4.74 Å². The molecule has 0 aliphatic rings. The summed E-state index contributed by atoms with van der Waals surface area (Å²) < 4.78 is 18.1. The van der Waals surface area contributed by atoms with Gasteiger partial charge in [0.2, 0.25) is 0 Å². The van der Waals surface area contributed by atoms with Crippen LogP contribution in [0.3, 0.4) is 0 Å². The topological polar surface area (TPSA) is 21.3 Å². The van der Waals surface area contributed by atoms with E-state index in [0.717, 1.165) is 24.4 Å². The highest BCUT2D eigenvalue weighted by Crippen LogP contribution is 2.23. The minimum absolute atomic E-state index is 0.177. The Morgan fingerprint density at radius 3 is 2.71 bits per heavy atom. The van der Waals surface area contributed by atoms with Crippen LogP contribution in [0.4, 0.5) is 4.39 Å². The number of halogens is 1. The summed E-state index contributed by atoms with van der Waals surface area (Å²) in [5.41, 5.74) is 2.25. The Morgan fingerprint density at radius 2 is 1.90 bits per heavy atom. The zero-order valence-electron chi connectivity index (χ0n) is 12.1.